The van der Waals surface area contributed by atoms with Gasteiger partial charge in [0.15, 0.2) is 0 Å². The van der Waals surface area contributed by atoms with E-state index in [4.69, 9.17) is 4.74 Å². The number of hydrogen-bond acceptors (Lipinski definition) is 4. The fourth-order valence-electron chi connectivity index (χ4n) is 3.40. The summed E-state index contributed by atoms with van der Waals surface area (Å²) >= 11 is 0. The molecule has 0 aromatic heterocycles. The smallest absolute Gasteiger partial charge is 0.305 e. The lowest BCUT2D eigenvalue weighted by atomic mass is 10.1. The maximum atomic E-state index is 11.3. The highest BCUT2D eigenvalue weighted by atomic mass is 16.5. The Balaban J connectivity index is 0.000001000. The summed E-state index contributed by atoms with van der Waals surface area (Å²) in [4.78, 5) is 13.6. The topological polar surface area (TPSA) is 41.6 Å². The van der Waals surface area contributed by atoms with Gasteiger partial charge in [-0.25, -0.2) is 0 Å². The number of rotatable bonds is 17. The Labute approximate surface area is 188 Å². The molecule has 0 bridgehead atoms. The Morgan fingerprint density at radius 3 is 1.83 bits per heavy atom. The molecule has 30 heavy (non-hydrogen) atoms. The summed E-state index contributed by atoms with van der Waals surface area (Å²) in [6, 6.07) is 0. The molecule has 1 aliphatic rings. The fraction of sp³-hybridized carbons (Fsp3) is 0.885. The van der Waals surface area contributed by atoms with Crippen LogP contribution in [0.1, 0.15) is 110 Å². The molecule has 1 rings (SSSR count). The lowest BCUT2D eigenvalue weighted by Crippen LogP contribution is -2.40. The first-order valence-corrected chi connectivity index (χ1v) is 12.9. The number of likely N-dealkylation sites (N-methyl/N-ethyl adjacent to an activating group) is 1. The molecule has 4 heteroatoms. The van der Waals surface area contributed by atoms with Gasteiger partial charge < -0.3 is 15.0 Å². The van der Waals surface area contributed by atoms with Crippen LogP contribution in [0.15, 0.2) is 12.2 Å². The summed E-state index contributed by atoms with van der Waals surface area (Å²) in [6.45, 7) is 9.61. The molecule has 0 saturated carbocycles. The van der Waals surface area contributed by atoms with E-state index in [0.717, 1.165) is 32.4 Å². The summed E-state index contributed by atoms with van der Waals surface area (Å²) < 4.78 is 5.06. The van der Waals surface area contributed by atoms with Gasteiger partial charge in [-0.3, -0.25) is 4.79 Å². The second-order valence-corrected chi connectivity index (χ2v) is 8.61. The van der Waals surface area contributed by atoms with Gasteiger partial charge in [-0.05, 0) is 45.6 Å². The fourth-order valence-corrected chi connectivity index (χ4v) is 3.40. The molecule has 1 aliphatic heterocycles. The average Bonchev–Trinajstić information content (AvgIpc) is 2.76. The molecule has 0 radical (unpaired) electrons. The van der Waals surface area contributed by atoms with Gasteiger partial charge >= 0.3 is 5.97 Å². The van der Waals surface area contributed by atoms with E-state index in [1.165, 1.54) is 83.7 Å². The quantitative estimate of drug-likeness (QED) is 0.164. The third-order valence-corrected chi connectivity index (χ3v) is 5.45. The average molecular weight is 425 g/mol. The Morgan fingerprint density at radius 2 is 1.33 bits per heavy atom. The van der Waals surface area contributed by atoms with Gasteiger partial charge in [-0.2, -0.15) is 0 Å². The standard InChI is InChI=1S/C21H40O2.C5H12N2/c1-3-5-6-7-8-9-10-11-12-13-14-15-16-17-18-19-21(22)23-20-4-2;1-7-4-2-6-3-5-7/h11-12H,3-10,13-20H2,1-2H3;6H,2-5H2,1H3/b12-11-;. The number of unbranched alkanes of at least 4 members (excludes halogenated alkanes) is 11. The molecular formula is C26H52N2O2. The zero-order valence-electron chi connectivity index (χ0n) is 20.6. The number of nitrogens with one attached hydrogen (secondary N) is 1. The summed E-state index contributed by atoms with van der Waals surface area (Å²) in [5.41, 5.74) is 0. The molecule has 1 N–H and O–H groups in total. The molecule has 1 saturated heterocycles. The predicted molar refractivity (Wildman–Crippen MR) is 131 cm³/mol. The first-order chi connectivity index (χ1) is 14.7. The number of ether oxygens (including phenoxy) is 1. The van der Waals surface area contributed by atoms with Crippen molar-refractivity contribution in [2.24, 2.45) is 0 Å². The van der Waals surface area contributed by atoms with Gasteiger partial charge in [0.05, 0.1) is 6.61 Å². The number of carbonyl (C=O) groups excluding carboxylic acids is 1. The van der Waals surface area contributed by atoms with Crippen LogP contribution >= 0.6 is 0 Å². The Kier molecular flexibility index (Phi) is 23.7. The van der Waals surface area contributed by atoms with Gasteiger partial charge in [0.2, 0.25) is 0 Å². The van der Waals surface area contributed by atoms with Crippen LogP contribution in [0.2, 0.25) is 0 Å². The molecule has 1 fully saturated rings. The van der Waals surface area contributed by atoms with Crippen molar-refractivity contribution in [1.82, 2.24) is 10.2 Å². The summed E-state index contributed by atoms with van der Waals surface area (Å²) in [6.07, 6.45) is 23.0. The minimum absolute atomic E-state index is 0.0236. The van der Waals surface area contributed by atoms with Gasteiger partial charge in [0, 0.05) is 32.6 Å². The van der Waals surface area contributed by atoms with Crippen molar-refractivity contribution < 1.29 is 9.53 Å². The Bertz CT molecular complexity index is 379. The number of hydrogen-bond donors (Lipinski definition) is 1. The van der Waals surface area contributed by atoms with Gasteiger partial charge in [-0.15, -0.1) is 0 Å². The maximum Gasteiger partial charge on any atom is 0.305 e. The highest BCUT2D eigenvalue weighted by Crippen LogP contribution is 2.10. The van der Waals surface area contributed by atoms with Crippen LogP contribution in [-0.2, 0) is 9.53 Å². The van der Waals surface area contributed by atoms with Crippen LogP contribution < -0.4 is 5.32 Å². The summed E-state index contributed by atoms with van der Waals surface area (Å²) in [5, 5.41) is 3.27. The third kappa shape index (κ3) is 23.4. The third-order valence-electron chi connectivity index (χ3n) is 5.45. The van der Waals surface area contributed by atoms with Crippen molar-refractivity contribution in [3.8, 4) is 0 Å². The van der Waals surface area contributed by atoms with E-state index in [-0.39, 0.29) is 5.97 Å². The van der Waals surface area contributed by atoms with E-state index in [0.29, 0.717) is 13.0 Å². The zero-order chi connectivity index (χ0) is 22.1. The first kappa shape index (κ1) is 29.1. The molecule has 4 nitrogen and oxygen atoms in total. The number of nitrogens with zero attached hydrogens (tertiary/aromatic N) is 1. The molecule has 0 aliphatic carbocycles. The monoisotopic (exact) mass is 424 g/mol. The number of piperazine rings is 1. The van der Waals surface area contributed by atoms with Crippen molar-refractivity contribution in [2.45, 2.75) is 110 Å². The number of carbonyl (C=O) groups is 1. The number of esters is 1. The van der Waals surface area contributed by atoms with Crippen LogP contribution in [0.3, 0.4) is 0 Å². The van der Waals surface area contributed by atoms with Gasteiger partial charge in [-0.1, -0.05) is 77.4 Å². The second-order valence-electron chi connectivity index (χ2n) is 8.61. The SMILES string of the molecule is CCCCCCCC/C=C\CCCCCCCC(=O)OCCC.CN1CCNCC1. The van der Waals surface area contributed by atoms with Crippen LogP contribution in [0.5, 0.6) is 0 Å². The van der Waals surface area contributed by atoms with Crippen LogP contribution in [0.4, 0.5) is 0 Å². The van der Waals surface area contributed by atoms with Crippen LogP contribution in [0, 0.1) is 0 Å². The largest absolute Gasteiger partial charge is 0.466 e. The summed E-state index contributed by atoms with van der Waals surface area (Å²) in [7, 11) is 2.15. The van der Waals surface area contributed by atoms with Crippen molar-refractivity contribution in [2.75, 3.05) is 39.8 Å². The second kappa shape index (κ2) is 24.4. The molecule has 0 aromatic carbocycles. The zero-order valence-corrected chi connectivity index (χ0v) is 20.6. The molecule has 0 spiro atoms. The van der Waals surface area contributed by atoms with Crippen molar-refractivity contribution in [3.63, 3.8) is 0 Å². The minimum Gasteiger partial charge on any atom is -0.466 e. The molecule has 0 aromatic rings. The van der Waals surface area contributed by atoms with E-state index >= 15 is 0 Å². The van der Waals surface area contributed by atoms with Crippen molar-refractivity contribution in [3.05, 3.63) is 12.2 Å². The predicted octanol–water partition coefficient (Wildman–Crippen LogP) is 6.50. The minimum atomic E-state index is -0.0236. The molecule has 0 unspecified atom stereocenters. The van der Waals surface area contributed by atoms with Crippen LogP contribution in [0.25, 0.3) is 0 Å². The highest BCUT2D eigenvalue weighted by Gasteiger charge is 2.01. The van der Waals surface area contributed by atoms with E-state index in [2.05, 4.69) is 36.3 Å². The molecular weight excluding hydrogens is 372 g/mol. The van der Waals surface area contributed by atoms with E-state index < -0.39 is 0 Å². The molecule has 1 heterocycles. The van der Waals surface area contributed by atoms with E-state index in [1.807, 2.05) is 6.92 Å². The lowest BCUT2D eigenvalue weighted by molar-refractivity contribution is -0.143. The maximum absolute atomic E-state index is 11.3. The van der Waals surface area contributed by atoms with Crippen molar-refractivity contribution >= 4 is 5.97 Å². The molecule has 0 amide bonds. The lowest BCUT2D eigenvalue weighted by Gasteiger charge is -2.21. The van der Waals surface area contributed by atoms with E-state index in [9.17, 15) is 4.79 Å². The van der Waals surface area contributed by atoms with Crippen molar-refractivity contribution in [1.29, 1.82) is 0 Å². The molecule has 0 atom stereocenters. The molecule has 178 valence electrons. The summed E-state index contributed by atoms with van der Waals surface area (Å²) in [5.74, 6) is -0.0236. The Morgan fingerprint density at radius 1 is 0.800 bits per heavy atom. The van der Waals surface area contributed by atoms with Crippen LogP contribution in [-0.4, -0.2) is 50.7 Å². The Hall–Kier alpha value is -0.870. The van der Waals surface area contributed by atoms with Gasteiger partial charge in [0.25, 0.3) is 0 Å². The normalized spacial score (nSPS) is 14.5. The first-order valence-electron chi connectivity index (χ1n) is 12.9. The highest BCUT2D eigenvalue weighted by molar-refractivity contribution is 5.69. The van der Waals surface area contributed by atoms with E-state index in [1.54, 1.807) is 0 Å². The number of allylic oxidation sites excluding steroid dienone is 2. The van der Waals surface area contributed by atoms with Gasteiger partial charge in [0.1, 0.15) is 0 Å².